The number of hydrogen-bond acceptors (Lipinski definition) is 3. The van der Waals surface area contributed by atoms with Crippen LogP contribution in [-0.2, 0) is 5.54 Å². The van der Waals surface area contributed by atoms with Gasteiger partial charge in [0.1, 0.15) is 5.54 Å². The van der Waals surface area contributed by atoms with Crippen molar-refractivity contribution in [2.75, 3.05) is 26.7 Å². The standard InChI is InChI=1S/C18H27N3/c1-4-17(5-2)11-12-21(14-17)15-18(13-19,20-3)16-9-7-6-8-10-16/h6-10,20H,4-5,11-12,14-15H2,1-3H3. The van der Waals surface area contributed by atoms with Gasteiger partial charge in [0.05, 0.1) is 6.07 Å². The van der Waals surface area contributed by atoms with Gasteiger partial charge in [-0.2, -0.15) is 5.26 Å². The molecule has 1 saturated heterocycles. The monoisotopic (exact) mass is 285 g/mol. The summed E-state index contributed by atoms with van der Waals surface area (Å²) in [6.45, 7) is 7.54. The number of benzene rings is 1. The Morgan fingerprint density at radius 3 is 2.43 bits per heavy atom. The molecule has 21 heavy (non-hydrogen) atoms. The lowest BCUT2D eigenvalue weighted by Crippen LogP contribution is -2.48. The van der Waals surface area contributed by atoms with Gasteiger partial charge in [0, 0.05) is 13.1 Å². The van der Waals surface area contributed by atoms with Crippen LogP contribution in [0.25, 0.3) is 0 Å². The van der Waals surface area contributed by atoms with Gasteiger partial charge in [-0.3, -0.25) is 10.2 Å². The molecule has 1 aliphatic heterocycles. The molecular formula is C18H27N3. The molecule has 1 fully saturated rings. The van der Waals surface area contributed by atoms with Crippen LogP contribution >= 0.6 is 0 Å². The molecule has 0 aromatic heterocycles. The highest BCUT2D eigenvalue weighted by atomic mass is 15.2. The number of nitrogens with zero attached hydrogens (tertiary/aromatic N) is 2. The van der Waals surface area contributed by atoms with Crippen molar-refractivity contribution in [1.82, 2.24) is 10.2 Å². The molecule has 1 aliphatic rings. The van der Waals surface area contributed by atoms with Crippen LogP contribution in [0.2, 0.25) is 0 Å². The summed E-state index contributed by atoms with van der Waals surface area (Å²) in [4.78, 5) is 2.46. The zero-order valence-corrected chi connectivity index (χ0v) is 13.5. The molecule has 1 aromatic carbocycles. The largest absolute Gasteiger partial charge is 0.299 e. The molecule has 0 radical (unpaired) electrons. The second-order valence-corrected chi connectivity index (χ2v) is 6.30. The van der Waals surface area contributed by atoms with Crippen molar-refractivity contribution in [3.8, 4) is 6.07 Å². The van der Waals surface area contributed by atoms with E-state index in [2.05, 4.69) is 30.1 Å². The Bertz CT molecular complexity index is 487. The van der Waals surface area contributed by atoms with Crippen LogP contribution in [-0.4, -0.2) is 31.6 Å². The molecule has 0 amide bonds. The fraction of sp³-hybridized carbons (Fsp3) is 0.611. The van der Waals surface area contributed by atoms with Crippen LogP contribution in [0.1, 0.15) is 38.7 Å². The van der Waals surface area contributed by atoms with Gasteiger partial charge in [-0.1, -0.05) is 44.2 Å². The molecule has 1 atom stereocenters. The molecule has 0 aliphatic carbocycles. The average Bonchev–Trinajstić information content (AvgIpc) is 2.97. The number of hydrogen-bond donors (Lipinski definition) is 1. The van der Waals surface area contributed by atoms with Gasteiger partial charge in [-0.25, -0.2) is 0 Å². The second kappa shape index (κ2) is 6.60. The molecule has 2 rings (SSSR count). The Morgan fingerprint density at radius 2 is 1.95 bits per heavy atom. The Hall–Kier alpha value is -1.37. The molecule has 114 valence electrons. The topological polar surface area (TPSA) is 39.1 Å². The van der Waals surface area contributed by atoms with Gasteiger partial charge in [0.2, 0.25) is 0 Å². The Morgan fingerprint density at radius 1 is 1.29 bits per heavy atom. The van der Waals surface area contributed by atoms with E-state index in [1.54, 1.807) is 0 Å². The van der Waals surface area contributed by atoms with E-state index < -0.39 is 5.54 Å². The highest BCUT2D eigenvalue weighted by Gasteiger charge is 2.40. The molecular weight excluding hydrogens is 258 g/mol. The smallest absolute Gasteiger partial charge is 0.144 e. The first-order valence-corrected chi connectivity index (χ1v) is 8.01. The van der Waals surface area contributed by atoms with E-state index >= 15 is 0 Å². The maximum absolute atomic E-state index is 9.80. The fourth-order valence-corrected chi connectivity index (χ4v) is 3.52. The highest BCUT2D eigenvalue weighted by molar-refractivity contribution is 5.32. The van der Waals surface area contributed by atoms with Crippen molar-refractivity contribution in [2.24, 2.45) is 5.41 Å². The summed E-state index contributed by atoms with van der Waals surface area (Å²) < 4.78 is 0. The lowest BCUT2D eigenvalue weighted by molar-refractivity contribution is 0.209. The lowest BCUT2D eigenvalue weighted by Gasteiger charge is -2.33. The van der Waals surface area contributed by atoms with Crippen LogP contribution < -0.4 is 5.32 Å². The maximum Gasteiger partial charge on any atom is 0.144 e. The molecule has 0 saturated carbocycles. The fourth-order valence-electron chi connectivity index (χ4n) is 3.52. The van der Waals surface area contributed by atoms with Crippen molar-refractivity contribution in [3.05, 3.63) is 35.9 Å². The minimum Gasteiger partial charge on any atom is -0.299 e. The third kappa shape index (κ3) is 3.12. The zero-order valence-electron chi connectivity index (χ0n) is 13.5. The van der Waals surface area contributed by atoms with E-state index in [0.29, 0.717) is 5.41 Å². The summed E-state index contributed by atoms with van der Waals surface area (Å²) in [6.07, 6.45) is 3.70. The summed E-state index contributed by atoms with van der Waals surface area (Å²) in [7, 11) is 1.89. The number of nitrogens with one attached hydrogen (secondary N) is 1. The van der Waals surface area contributed by atoms with Gasteiger partial charge < -0.3 is 0 Å². The van der Waals surface area contributed by atoms with Gasteiger partial charge in [-0.05, 0) is 43.8 Å². The van der Waals surface area contributed by atoms with Crippen molar-refractivity contribution in [3.63, 3.8) is 0 Å². The van der Waals surface area contributed by atoms with E-state index in [-0.39, 0.29) is 0 Å². The molecule has 0 bridgehead atoms. The number of likely N-dealkylation sites (tertiary alicyclic amines) is 1. The van der Waals surface area contributed by atoms with Crippen molar-refractivity contribution in [2.45, 2.75) is 38.6 Å². The summed E-state index contributed by atoms with van der Waals surface area (Å²) >= 11 is 0. The molecule has 0 spiro atoms. The normalized spacial score (nSPS) is 20.9. The molecule has 1 N–H and O–H groups in total. The summed E-state index contributed by atoms with van der Waals surface area (Å²) in [5, 5.41) is 13.1. The van der Waals surface area contributed by atoms with E-state index in [4.69, 9.17) is 0 Å². The predicted molar refractivity (Wildman–Crippen MR) is 86.9 cm³/mol. The maximum atomic E-state index is 9.80. The van der Waals surface area contributed by atoms with E-state index in [1.807, 2.05) is 37.4 Å². The number of nitriles is 1. The van der Waals surface area contributed by atoms with Gasteiger partial charge in [0.15, 0.2) is 0 Å². The van der Waals surface area contributed by atoms with Crippen LogP contribution in [0.15, 0.2) is 30.3 Å². The van der Waals surface area contributed by atoms with Crippen molar-refractivity contribution < 1.29 is 0 Å². The first-order valence-electron chi connectivity index (χ1n) is 8.01. The summed E-state index contributed by atoms with van der Waals surface area (Å²) in [6, 6.07) is 12.6. The zero-order chi connectivity index (χ0) is 15.3. The van der Waals surface area contributed by atoms with E-state index in [9.17, 15) is 5.26 Å². The van der Waals surface area contributed by atoms with Crippen LogP contribution in [0.3, 0.4) is 0 Å². The predicted octanol–water partition coefficient (Wildman–Crippen LogP) is 3.14. The lowest BCUT2D eigenvalue weighted by atomic mass is 9.82. The quantitative estimate of drug-likeness (QED) is 0.872. The van der Waals surface area contributed by atoms with Crippen molar-refractivity contribution >= 4 is 0 Å². The first-order chi connectivity index (χ1) is 10.1. The highest BCUT2D eigenvalue weighted by Crippen LogP contribution is 2.38. The van der Waals surface area contributed by atoms with Crippen molar-refractivity contribution in [1.29, 1.82) is 5.26 Å². The summed E-state index contributed by atoms with van der Waals surface area (Å²) in [5.41, 5.74) is 0.894. The van der Waals surface area contributed by atoms with Gasteiger partial charge in [-0.15, -0.1) is 0 Å². The Balaban J connectivity index is 2.18. The van der Waals surface area contributed by atoms with Gasteiger partial charge >= 0.3 is 0 Å². The minimum atomic E-state index is -0.612. The third-order valence-corrected chi connectivity index (χ3v) is 5.36. The minimum absolute atomic E-state index is 0.450. The molecule has 1 aromatic rings. The van der Waals surface area contributed by atoms with Crippen LogP contribution in [0.4, 0.5) is 0 Å². The number of likely N-dealkylation sites (N-methyl/N-ethyl adjacent to an activating group) is 1. The molecule has 3 heteroatoms. The Kier molecular flexibility index (Phi) is 5.03. The number of rotatable bonds is 6. The first kappa shape index (κ1) is 16.0. The van der Waals surface area contributed by atoms with Crippen LogP contribution in [0, 0.1) is 16.7 Å². The van der Waals surface area contributed by atoms with Crippen LogP contribution in [0.5, 0.6) is 0 Å². The SMILES string of the molecule is CCC1(CC)CCN(CC(C#N)(NC)c2ccccc2)C1. The molecule has 3 nitrogen and oxygen atoms in total. The van der Waals surface area contributed by atoms with Gasteiger partial charge in [0.25, 0.3) is 0 Å². The average molecular weight is 285 g/mol. The molecule has 1 unspecified atom stereocenters. The Labute approximate surface area is 129 Å². The van der Waals surface area contributed by atoms with E-state index in [1.165, 1.54) is 19.3 Å². The van der Waals surface area contributed by atoms with E-state index in [0.717, 1.165) is 25.2 Å². The summed E-state index contributed by atoms with van der Waals surface area (Å²) in [5.74, 6) is 0. The third-order valence-electron chi connectivity index (χ3n) is 5.36. The second-order valence-electron chi connectivity index (χ2n) is 6.30. The molecule has 1 heterocycles.